The molecule has 0 aliphatic heterocycles. The molecule has 6 heteroatoms. The number of benzene rings is 3. The third-order valence-electron chi connectivity index (χ3n) is 5.31. The first kappa shape index (κ1) is 20.2. The van der Waals surface area contributed by atoms with Gasteiger partial charge in [-0.3, -0.25) is 9.59 Å². The van der Waals surface area contributed by atoms with Gasteiger partial charge in [-0.05, 0) is 29.2 Å². The number of carbonyl (C=O) groups excluding carboxylic acids is 2. The highest BCUT2D eigenvalue weighted by molar-refractivity contribution is 7.94. The highest BCUT2D eigenvalue weighted by Crippen LogP contribution is 2.41. The van der Waals surface area contributed by atoms with Gasteiger partial charge in [0, 0.05) is 28.9 Å². The summed E-state index contributed by atoms with van der Waals surface area (Å²) >= 11 is 0.456. The topological polar surface area (TPSA) is 92.4 Å². The van der Waals surface area contributed by atoms with Crippen molar-refractivity contribution in [1.82, 2.24) is 0 Å². The summed E-state index contributed by atoms with van der Waals surface area (Å²) in [6, 6.07) is 16.2. The number of fused-ring (bicyclic) bond motifs is 2. The molecule has 4 rings (SSSR count). The average Bonchev–Trinajstić information content (AvgIpc) is 2.72. The highest BCUT2D eigenvalue weighted by Gasteiger charge is 2.34. The van der Waals surface area contributed by atoms with E-state index in [0.717, 1.165) is 11.3 Å². The van der Waals surface area contributed by atoms with Gasteiger partial charge < -0.3 is 15.6 Å². The van der Waals surface area contributed by atoms with Crippen LogP contribution in [0.15, 0.2) is 59.5 Å². The van der Waals surface area contributed by atoms with Gasteiger partial charge in [0.1, 0.15) is 0 Å². The number of ketones is 2. The second-order valence-electron chi connectivity index (χ2n) is 8.34. The van der Waals surface area contributed by atoms with E-state index in [9.17, 15) is 14.1 Å². The largest absolute Gasteiger partial charge is 0.397 e. The summed E-state index contributed by atoms with van der Waals surface area (Å²) in [7, 11) is 0. The van der Waals surface area contributed by atoms with Crippen molar-refractivity contribution in [3.63, 3.8) is 0 Å². The van der Waals surface area contributed by atoms with Crippen molar-refractivity contribution in [3.8, 4) is 0 Å². The standard InChI is InChI=1S/C24H22N2O3S/c1-24(2,3)13-7-6-8-14(11-13)26-17-12-18(30-29)21(25)20-19(17)22(27)15-9-4-5-10-16(15)23(20)28/h4-12,26,29H,25H2,1-3H3. The molecule has 0 heterocycles. The molecule has 0 aromatic heterocycles. The van der Waals surface area contributed by atoms with Gasteiger partial charge in [-0.25, -0.2) is 0 Å². The maximum absolute atomic E-state index is 13.3. The van der Waals surface area contributed by atoms with Crippen molar-refractivity contribution >= 4 is 40.7 Å². The van der Waals surface area contributed by atoms with Crippen LogP contribution in [0.1, 0.15) is 58.2 Å². The first-order valence-corrected chi connectivity index (χ1v) is 10.3. The molecule has 0 radical (unpaired) electrons. The Morgan fingerprint density at radius 2 is 1.53 bits per heavy atom. The quantitative estimate of drug-likeness (QED) is 0.294. The van der Waals surface area contributed by atoms with Crippen LogP contribution >= 0.6 is 12.0 Å². The third-order valence-corrected chi connectivity index (χ3v) is 5.84. The minimum Gasteiger partial charge on any atom is -0.397 e. The van der Waals surface area contributed by atoms with E-state index in [2.05, 4.69) is 26.1 Å². The van der Waals surface area contributed by atoms with Crippen LogP contribution in [0.5, 0.6) is 0 Å². The van der Waals surface area contributed by atoms with E-state index in [1.165, 1.54) is 0 Å². The average molecular weight is 419 g/mol. The Labute approximate surface area is 179 Å². The van der Waals surface area contributed by atoms with Crippen LogP contribution in [0.3, 0.4) is 0 Å². The van der Waals surface area contributed by atoms with Gasteiger partial charge in [0.15, 0.2) is 11.6 Å². The number of hydrogen-bond acceptors (Lipinski definition) is 6. The van der Waals surface area contributed by atoms with Gasteiger partial charge in [0.05, 0.1) is 27.4 Å². The van der Waals surface area contributed by atoms with Crippen LogP contribution in [0.25, 0.3) is 0 Å². The molecule has 0 saturated carbocycles. The van der Waals surface area contributed by atoms with E-state index in [1.807, 2.05) is 24.3 Å². The van der Waals surface area contributed by atoms with E-state index in [-0.39, 0.29) is 33.8 Å². The molecule has 1 aliphatic carbocycles. The molecule has 3 aromatic carbocycles. The van der Waals surface area contributed by atoms with Crippen LogP contribution in [0.2, 0.25) is 0 Å². The molecule has 3 aromatic rings. The fourth-order valence-corrected chi connectivity index (χ4v) is 4.06. The molecule has 152 valence electrons. The number of nitrogens with one attached hydrogen (secondary N) is 1. The molecule has 1 aliphatic rings. The normalized spacial score (nSPS) is 13.1. The fourth-order valence-electron chi connectivity index (χ4n) is 3.69. The minimum absolute atomic E-state index is 0.0466. The molecule has 0 fully saturated rings. The van der Waals surface area contributed by atoms with Gasteiger partial charge in [-0.1, -0.05) is 57.2 Å². The second kappa shape index (κ2) is 7.31. The summed E-state index contributed by atoms with van der Waals surface area (Å²) in [4.78, 5) is 26.8. The number of hydrogen-bond donors (Lipinski definition) is 3. The number of rotatable bonds is 3. The van der Waals surface area contributed by atoms with Crippen LogP contribution < -0.4 is 11.1 Å². The molecule has 5 nitrogen and oxygen atoms in total. The van der Waals surface area contributed by atoms with E-state index in [0.29, 0.717) is 33.8 Å². The summed E-state index contributed by atoms with van der Waals surface area (Å²) in [5.74, 6) is -0.587. The second-order valence-corrected chi connectivity index (χ2v) is 8.96. The Kier molecular flexibility index (Phi) is 4.92. The lowest BCUT2D eigenvalue weighted by atomic mass is 9.82. The summed E-state index contributed by atoms with van der Waals surface area (Å²) in [6.45, 7) is 6.37. The van der Waals surface area contributed by atoms with E-state index in [1.54, 1.807) is 30.3 Å². The summed E-state index contributed by atoms with van der Waals surface area (Å²) in [6.07, 6.45) is 0. The van der Waals surface area contributed by atoms with Gasteiger partial charge in [-0.2, -0.15) is 0 Å². The van der Waals surface area contributed by atoms with Gasteiger partial charge >= 0.3 is 0 Å². The van der Waals surface area contributed by atoms with Crippen molar-refractivity contribution in [2.75, 3.05) is 11.1 Å². The third kappa shape index (κ3) is 3.28. The molecule has 0 saturated heterocycles. The molecule has 30 heavy (non-hydrogen) atoms. The fraction of sp³-hybridized carbons (Fsp3) is 0.167. The summed E-state index contributed by atoms with van der Waals surface area (Å²) in [5, 5.41) is 3.28. The van der Waals surface area contributed by atoms with Crippen LogP contribution in [-0.2, 0) is 5.41 Å². The van der Waals surface area contributed by atoms with Crippen molar-refractivity contribution in [2.24, 2.45) is 0 Å². The number of nitrogens with two attached hydrogens (primary N) is 1. The Morgan fingerprint density at radius 1 is 0.900 bits per heavy atom. The lowest BCUT2D eigenvalue weighted by molar-refractivity contribution is 0.0980. The lowest BCUT2D eigenvalue weighted by Crippen LogP contribution is -2.24. The summed E-state index contributed by atoms with van der Waals surface area (Å²) in [5.41, 5.74) is 9.63. The first-order valence-electron chi connectivity index (χ1n) is 9.56. The van der Waals surface area contributed by atoms with Crippen LogP contribution in [-0.4, -0.2) is 16.1 Å². The Balaban J connectivity index is 1.90. The van der Waals surface area contributed by atoms with E-state index < -0.39 is 0 Å². The SMILES string of the molecule is CC(C)(C)c1cccc(Nc2cc(SO)c(N)c3c2C(=O)c2ccccc2C3=O)c1. The number of anilines is 3. The monoisotopic (exact) mass is 418 g/mol. The molecular formula is C24H22N2O3S. The predicted octanol–water partition coefficient (Wildman–Crippen LogP) is 5.65. The van der Waals surface area contributed by atoms with Gasteiger partial charge in [0.25, 0.3) is 0 Å². The maximum atomic E-state index is 13.3. The zero-order chi connectivity index (χ0) is 21.6. The molecule has 0 unspecified atom stereocenters. The van der Waals surface area contributed by atoms with Gasteiger partial charge in [0.2, 0.25) is 0 Å². The van der Waals surface area contributed by atoms with E-state index >= 15 is 0 Å². The highest BCUT2D eigenvalue weighted by atomic mass is 32.2. The Morgan fingerprint density at radius 3 is 2.13 bits per heavy atom. The molecule has 0 bridgehead atoms. The minimum atomic E-state index is -0.319. The smallest absolute Gasteiger partial charge is 0.196 e. The van der Waals surface area contributed by atoms with E-state index in [4.69, 9.17) is 5.73 Å². The zero-order valence-electron chi connectivity index (χ0n) is 16.9. The zero-order valence-corrected chi connectivity index (χ0v) is 17.8. The number of nitrogen functional groups attached to an aromatic ring is 1. The van der Waals surface area contributed by atoms with Crippen molar-refractivity contribution < 1.29 is 14.1 Å². The number of carbonyl (C=O) groups is 2. The van der Waals surface area contributed by atoms with Crippen molar-refractivity contribution in [2.45, 2.75) is 31.1 Å². The first-order chi connectivity index (χ1) is 14.2. The van der Waals surface area contributed by atoms with Crippen LogP contribution in [0.4, 0.5) is 17.1 Å². The van der Waals surface area contributed by atoms with Crippen molar-refractivity contribution in [3.05, 3.63) is 82.4 Å². The maximum Gasteiger partial charge on any atom is 0.196 e. The van der Waals surface area contributed by atoms with Gasteiger partial charge in [-0.15, -0.1) is 0 Å². The molecular weight excluding hydrogens is 396 g/mol. The molecule has 0 atom stereocenters. The predicted molar refractivity (Wildman–Crippen MR) is 121 cm³/mol. The molecule has 0 amide bonds. The van der Waals surface area contributed by atoms with Crippen LogP contribution in [0, 0.1) is 0 Å². The Hall–Kier alpha value is -3.09. The molecule has 4 N–H and O–H groups in total. The lowest BCUT2D eigenvalue weighted by Gasteiger charge is -2.24. The molecule has 0 spiro atoms. The summed E-state index contributed by atoms with van der Waals surface area (Å²) < 4.78 is 9.72. The Bertz CT molecular complexity index is 1200. The van der Waals surface area contributed by atoms with Crippen molar-refractivity contribution in [1.29, 1.82) is 0 Å².